The van der Waals surface area contributed by atoms with Crippen molar-refractivity contribution >= 4 is 17.4 Å². The number of amides is 1. The summed E-state index contributed by atoms with van der Waals surface area (Å²) in [7, 11) is 0. The van der Waals surface area contributed by atoms with E-state index in [9.17, 15) is 14.9 Å². The van der Waals surface area contributed by atoms with Gasteiger partial charge in [0.2, 0.25) is 5.91 Å². The van der Waals surface area contributed by atoms with Crippen LogP contribution in [0.25, 0.3) is 0 Å². The maximum absolute atomic E-state index is 12.4. The van der Waals surface area contributed by atoms with Crippen molar-refractivity contribution in [3.63, 3.8) is 0 Å². The molecule has 0 unspecified atom stereocenters. The molecule has 2 aliphatic rings. The first-order valence-corrected chi connectivity index (χ1v) is 8.88. The highest BCUT2D eigenvalue weighted by molar-refractivity contribution is 5.95. The molecule has 2 heterocycles. The standard InChI is InChI=1S/C19H24N4O2/c1-15(24)16-4-5-17(13-20)18(12-16)22-8-10-23(11-9-22)19(25)14-21-6-2-3-7-21/h4-5,12H,2-3,6-11,14H2,1H3. The van der Waals surface area contributed by atoms with Gasteiger partial charge >= 0.3 is 0 Å². The van der Waals surface area contributed by atoms with Crippen LogP contribution in [0.4, 0.5) is 5.69 Å². The summed E-state index contributed by atoms with van der Waals surface area (Å²) < 4.78 is 0. The van der Waals surface area contributed by atoms with Gasteiger partial charge < -0.3 is 9.80 Å². The van der Waals surface area contributed by atoms with E-state index in [-0.39, 0.29) is 11.7 Å². The van der Waals surface area contributed by atoms with Gasteiger partial charge in [-0.25, -0.2) is 0 Å². The van der Waals surface area contributed by atoms with E-state index in [1.807, 2.05) is 4.90 Å². The quantitative estimate of drug-likeness (QED) is 0.777. The molecule has 132 valence electrons. The van der Waals surface area contributed by atoms with E-state index in [1.54, 1.807) is 18.2 Å². The topological polar surface area (TPSA) is 67.6 Å². The van der Waals surface area contributed by atoms with Crippen molar-refractivity contribution in [3.8, 4) is 6.07 Å². The van der Waals surface area contributed by atoms with Crippen LogP contribution in [-0.2, 0) is 4.79 Å². The highest BCUT2D eigenvalue weighted by atomic mass is 16.2. The third-order valence-electron chi connectivity index (χ3n) is 5.06. The maximum atomic E-state index is 12.4. The SMILES string of the molecule is CC(=O)c1ccc(C#N)c(N2CCN(C(=O)CN3CCCC3)CC2)c1. The van der Waals surface area contributed by atoms with Gasteiger partial charge in [-0.3, -0.25) is 14.5 Å². The van der Waals surface area contributed by atoms with E-state index in [0.29, 0.717) is 43.9 Å². The number of Topliss-reactive ketones (excluding diaryl/α,β-unsaturated/α-hetero) is 1. The molecule has 1 aromatic carbocycles. The van der Waals surface area contributed by atoms with Crippen molar-refractivity contribution in [2.45, 2.75) is 19.8 Å². The van der Waals surface area contributed by atoms with Crippen LogP contribution < -0.4 is 4.90 Å². The number of nitriles is 1. The average molecular weight is 340 g/mol. The minimum Gasteiger partial charge on any atom is -0.367 e. The predicted molar refractivity (Wildman–Crippen MR) is 95.6 cm³/mol. The molecule has 6 heteroatoms. The second-order valence-electron chi connectivity index (χ2n) is 6.75. The Morgan fingerprint density at radius 1 is 1.08 bits per heavy atom. The van der Waals surface area contributed by atoms with Gasteiger partial charge in [0.05, 0.1) is 17.8 Å². The van der Waals surface area contributed by atoms with Gasteiger partial charge in [-0.1, -0.05) is 0 Å². The first-order valence-electron chi connectivity index (χ1n) is 8.88. The summed E-state index contributed by atoms with van der Waals surface area (Å²) in [4.78, 5) is 30.3. The first kappa shape index (κ1) is 17.4. The molecule has 0 bridgehead atoms. The second-order valence-corrected chi connectivity index (χ2v) is 6.75. The third kappa shape index (κ3) is 3.99. The number of rotatable bonds is 4. The smallest absolute Gasteiger partial charge is 0.236 e. The third-order valence-corrected chi connectivity index (χ3v) is 5.06. The fourth-order valence-corrected chi connectivity index (χ4v) is 3.54. The Morgan fingerprint density at radius 2 is 1.76 bits per heavy atom. The Morgan fingerprint density at radius 3 is 2.36 bits per heavy atom. The van der Waals surface area contributed by atoms with Crippen molar-refractivity contribution in [2.75, 3.05) is 50.7 Å². The second kappa shape index (κ2) is 7.66. The lowest BCUT2D eigenvalue weighted by molar-refractivity contribution is -0.132. The van der Waals surface area contributed by atoms with Gasteiger partial charge in [0.15, 0.2) is 5.78 Å². The van der Waals surface area contributed by atoms with Gasteiger partial charge in [0, 0.05) is 31.7 Å². The molecule has 1 amide bonds. The molecule has 2 aliphatic heterocycles. The summed E-state index contributed by atoms with van der Waals surface area (Å²) in [5, 5.41) is 9.35. The summed E-state index contributed by atoms with van der Waals surface area (Å²) in [6.07, 6.45) is 2.37. The minimum absolute atomic E-state index is 0.00910. The van der Waals surface area contributed by atoms with Gasteiger partial charge in [-0.15, -0.1) is 0 Å². The van der Waals surface area contributed by atoms with Gasteiger partial charge in [0.25, 0.3) is 0 Å². The molecule has 0 saturated carbocycles. The van der Waals surface area contributed by atoms with Crippen LogP contribution in [0.2, 0.25) is 0 Å². The number of hydrogen-bond acceptors (Lipinski definition) is 5. The Kier molecular flexibility index (Phi) is 5.34. The number of piperazine rings is 1. The summed E-state index contributed by atoms with van der Waals surface area (Å²) >= 11 is 0. The Balaban J connectivity index is 1.64. The molecular weight excluding hydrogens is 316 g/mol. The van der Waals surface area contributed by atoms with Crippen LogP contribution in [-0.4, -0.2) is 67.3 Å². The lowest BCUT2D eigenvalue weighted by atomic mass is 10.1. The van der Waals surface area contributed by atoms with Crippen LogP contribution >= 0.6 is 0 Å². The Labute approximate surface area is 148 Å². The van der Waals surface area contributed by atoms with Crippen molar-refractivity contribution < 1.29 is 9.59 Å². The molecule has 25 heavy (non-hydrogen) atoms. The van der Waals surface area contributed by atoms with E-state index < -0.39 is 0 Å². The molecule has 1 aromatic rings. The van der Waals surface area contributed by atoms with Gasteiger partial charge in [-0.05, 0) is 51.1 Å². The zero-order valence-electron chi connectivity index (χ0n) is 14.7. The van der Waals surface area contributed by atoms with Crippen LogP contribution in [0.1, 0.15) is 35.7 Å². The van der Waals surface area contributed by atoms with E-state index in [2.05, 4.69) is 15.9 Å². The fourth-order valence-electron chi connectivity index (χ4n) is 3.54. The summed E-state index contributed by atoms with van der Waals surface area (Å²) in [5.74, 6) is 0.185. The van der Waals surface area contributed by atoms with Crippen LogP contribution in [0.15, 0.2) is 18.2 Å². The zero-order chi connectivity index (χ0) is 17.8. The van der Waals surface area contributed by atoms with Crippen LogP contribution in [0.5, 0.6) is 0 Å². The number of benzene rings is 1. The molecule has 0 N–H and O–H groups in total. The summed E-state index contributed by atoms with van der Waals surface area (Å²) in [6.45, 7) is 6.76. The lowest BCUT2D eigenvalue weighted by Crippen LogP contribution is -2.51. The molecule has 0 radical (unpaired) electrons. The lowest BCUT2D eigenvalue weighted by Gasteiger charge is -2.37. The molecule has 0 spiro atoms. The number of carbonyl (C=O) groups excluding carboxylic acids is 2. The molecule has 2 saturated heterocycles. The number of nitrogens with zero attached hydrogens (tertiary/aromatic N) is 4. The van der Waals surface area contributed by atoms with E-state index in [0.717, 1.165) is 18.8 Å². The van der Waals surface area contributed by atoms with Crippen LogP contribution in [0.3, 0.4) is 0 Å². The van der Waals surface area contributed by atoms with E-state index >= 15 is 0 Å². The molecular formula is C19H24N4O2. The molecule has 6 nitrogen and oxygen atoms in total. The van der Waals surface area contributed by atoms with E-state index in [1.165, 1.54) is 19.8 Å². The number of ketones is 1. The van der Waals surface area contributed by atoms with Crippen molar-refractivity contribution in [1.29, 1.82) is 5.26 Å². The largest absolute Gasteiger partial charge is 0.367 e. The summed E-state index contributed by atoms with van der Waals surface area (Å²) in [6, 6.07) is 7.40. The number of hydrogen-bond donors (Lipinski definition) is 0. The minimum atomic E-state index is -0.00910. The zero-order valence-corrected chi connectivity index (χ0v) is 14.7. The van der Waals surface area contributed by atoms with Gasteiger partial charge in [0.1, 0.15) is 6.07 Å². The highest BCUT2D eigenvalue weighted by Gasteiger charge is 2.25. The first-order chi connectivity index (χ1) is 12.1. The van der Waals surface area contributed by atoms with Crippen molar-refractivity contribution in [2.24, 2.45) is 0 Å². The number of carbonyl (C=O) groups is 2. The Hall–Kier alpha value is -2.39. The van der Waals surface area contributed by atoms with Crippen molar-refractivity contribution in [1.82, 2.24) is 9.80 Å². The molecule has 0 aromatic heterocycles. The Bertz CT molecular complexity index is 696. The maximum Gasteiger partial charge on any atom is 0.236 e. The average Bonchev–Trinajstić information content (AvgIpc) is 3.14. The predicted octanol–water partition coefficient (Wildman–Crippen LogP) is 1.51. The molecule has 3 rings (SSSR count). The molecule has 0 atom stereocenters. The fraction of sp³-hybridized carbons (Fsp3) is 0.526. The highest BCUT2D eigenvalue weighted by Crippen LogP contribution is 2.24. The monoisotopic (exact) mass is 340 g/mol. The van der Waals surface area contributed by atoms with Crippen LogP contribution in [0, 0.1) is 11.3 Å². The van der Waals surface area contributed by atoms with E-state index in [4.69, 9.17) is 0 Å². The van der Waals surface area contributed by atoms with Gasteiger partial charge in [-0.2, -0.15) is 5.26 Å². The molecule has 2 fully saturated rings. The van der Waals surface area contributed by atoms with Crippen molar-refractivity contribution in [3.05, 3.63) is 29.3 Å². The summed E-state index contributed by atoms with van der Waals surface area (Å²) in [5.41, 5.74) is 1.98. The number of anilines is 1. The normalized spacial score (nSPS) is 18.2. The molecule has 0 aliphatic carbocycles. The number of likely N-dealkylation sites (tertiary alicyclic amines) is 1.